The third-order valence-corrected chi connectivity index (χ3v) is 15.9. The number of carbonyl (C=O) groups is 5. The number of aromatic nitrogens is 1. The van der Waals surface area contributed by atoms with Crippen LogP contribution in [-0.2, 0) is 31.1 Å². The van der Waals surface area contributed by atoms with Gasteiger partial charge in [-0.15, -0.1) is 11.3 Å². The molecule has 4 heterocycles. The second kappa shape index (κ2) is 22.1. The van der Waals surface area contributed by atoms with Crippen molar-refractivity contribution in [3.63, 3.8) is 0 Å². The Kier molecular flexibility index (Phi) is 16.3. The predicted molar refractivity (Wildman–Crippen MR) is 272 cm³/mol. The van der Waals surface area contributed by atoms with Crippen molar-refractivity contribution in [2.45, 2.75) is 88.6 Å². The number of pyridine rings is 1. The number of ether oxygens (including phenoxy) is 1. The molecule has 4 unspecified atom stereocenters. The first kappa shape index (κ1) is 49.4. The summed E-state index contributed by atoms with van der Waals surface area (Å²) in [5.74, 6) is 0.846. The van der Waals surface area contributed by atoms with E-state index in [1.54, 1.807) is 12.3 Å². The fourth-order valence-electron chi connectivity index (χ4n) is 9.34. The fourth-order valence-corrected chi connectivity index (χ4v) is 12.6. The maximum atomic E-state index is 14.1. The third-order valence-electron chi connectivity index (χ3n) is 12.3. The summed E-state index contributed by atoms with van der Waals surface area (Å²) in [6.07, 6.45) is 7.36. The summed E-state index contributed by atoms with van der Waals surface area (Å²) < 4.78 is 21.6. The molecule has 14 nitrogen and oxygen atoms in total. The minimum atomic E-state index is -1.36. The molecule has 3 aromatic carbocycles. The number of thiophene rings is 1. The minimum Gasteiger partial charge on any atom is -0.483 e. The molecule has 352 valence electrons. The van der Waals surface area contributed by atoms with Crippen LogP contribution in [0.4, 0.5) is 22.9 Å². The topological polar surface area (TPSA) is 179 Å². The number of aldehydes is 2. The van der Waals surface area contributed by atoms with Crippen molar-refractivity contribution >= 4 is 118 Å². The molecule has 18 heteroatoms. The van der Waals surface area contributed by atoms with Gasteiger partial charge in [0.1, 0.15) is 22.5 Å². The van der Waals surface area contributed by atoms with Crippen LogP contribution < -0.4 is 25.6 Å². The van der Waals surface area contributed by atoms with Gasteiger partial charge in [-0.05, 0) is 117 Å². The van der Waals surface area contributed by atoms with Crippen molar-refractivity contribution in [1.29, 1.82) is 0 Å². The molecule has 2 aliphatic rings. The van der Waals surface area contributed by atoms with Gasteiger partial charge in [-0.1, -0.05) is 55.3 Å². The third kappa shape index (κ3) is 10.7. The number of amides is 3. The predicted octanol–water partition coefficient (Wildman–Crippen LogP) is 9.17. The minimum absolute atomic E-state index is 0.0648. The van der Waals surface area contributed by atoms with E-state index in [2.05, 4.69) is 63.4 Å². The molecule has 1 saturated heterocycles. The summed E-state index contributed by atoms with van der Waals surface area (Å²) in [7, 11) is -1.36. The zero-order valence-electron chi connectivity index (χ0n) is 37.6. The van der Waals surface area contributed by atoms with Gasteiger partial charge in [0.05, 0.1) is 33.0 Å². The maximum Gasteiger partial charge on any atom is 0.259 e. The summed E-state index contributed by atoms with van der Waals surface area (Å²) >= 11 is 12.4. The molecule has 1 fully saturated rings. The average Bonchev–Trinajstić information content (AvgIpc) is 3.79. The monoisotopic (exact) mass is 983 g/mol. The molecule has 3 N–H and O–H groups in total. The number of carbonyl (C=O) groups excluding carboxylic acids is 5. The molecule has 0 aliphatic carbocycles. The Bertz CT molecular complexity index is 2710. The molecular weight excluding hydrogens is 930 g/mol. The van der Waals surface area contributed by atoms with Crippen LogP contribution in [0.15, 0.2) is 71.9 Å². The number of benzene rings is 3. The van der Waals surface area contributed by atoms with Gasteiger partial charge in [0.25, 0.3) is 5.91 Å². The number of halogens is 1. The van der Waals surface area contributed by atoms with E-state index in [1.165, 1.54) is 16.2 Å². The van der Waals surface area contributed by atoms with Crippen LogP contribution in [0.2, 0.25) is 5.02 Å². The highest BCUT2D eigenvalue weighted by molar-refractivity contribution is 7.81. The van der Waals surface area contributed by atoms with Crippen molar-refractivity contribution in [1.82, 2.24) is 14.6 Å². The number of anilines is 3. The molecule has 3 amide bonds. The van der Waals surface area contributed by atoms with E-state index in [4.69, 9.17) is 16.3 Å². The number of nitrogens with zero attached hydrogens (tertiary/aromatic N) is 4. The number of thiol groups is 1. The lowest BCUT2D eigenvalue weighted by Gasteiger charge is -2.44. The summed E-state index contributed by atoms with van der Waals surface area (Å²) in [5.41, 5.74) is 5.03. The van der Waals surface area contributed by atoms with Gasteiger partial charge in [-0.3, -0.25) is 34.2 Å². The Balaban J connectivity index is 1.00. The van der Waals surface area contributed by atoms with Gasteiger partial charge in [0, 0.05) is 47.5 Å². The molecule has 7 rings (SSSR count). The molecule has 4 atom stereocenters. The molecule has 2 aliphatic heterocycles. The summed E-state index contributed by atoms with van der Waals surface area (Å²) in [4.78, 5) is 71.9. The van der Waals surface area contributed by atoms with Gasteiger partial charge >= 0.3 is 0 Å². The largest absolute Gasteiger partial charge is 0.483 e. The first-order valence-electron chi connectivity index (χ1n) is 22.2. The Hall–Kier alpha value is -5.46. The van der Waals surface area contributed by atoms with E-state index in [0.29, 0.717) is 89.6 Å². The van der Waals surface area contributed by atoms with Gasteiger partial charge in [0.15, 0.2) is 24.1 Å². The van der Waals surface area contributed by atoms with Crippen molar-refractivity contribution < 1.29 is 32.9 Å². The SMILES string of the molecule is C=Nc1ncc(CS(=O)N2CCC(Nc3cccc(-c4sc(C=O)c(OCC=O)c4Cl)c3)CC2(C)C)cc1NCCC(CCS)c1ccc2c3c(cccc13)C(=O)N2C(CCC)C(=O)NC=O. The fraction of sp³-hybridized carbons (Fsp3) is 0.367. The van der Waals surface area contributed by atoms with Gasteiger partial charge in [-0.25, -0.2) is 18.5 Å². The van der Waals surface area contributed by atoms with Crippen LogP contribution in [0, 0.1) is 0 Å². The highest BCUT2D eigenvalue weighted by Crippen LogP contribution is 2.46. The van der Waals surface area contributed by atoms with E-state index < -0.39 is 28.5 Å². The van der Waals surface area contributed by atoms with E-state index in [9.17, 15) is 28.2 Å². The smallest absolute Gasteiger partial charge is 0.259 e. The van der Waals surface area contributed by atoms with Crippen LogP contribution in [0.5, 0.6) is 5.75 Å². The number of hydrogen-bond acceptors (Lipinski definition) is 13. The molecule has 0 saturated carbocycles. The lowest BCUT2D eigenvalue weighted by molar-refractivity contribution is -0.126. The zero-order valence-corrected chi connectivity index (χ0v) is 40.9. The van der Waals surface area contributed by atoms with Crippen molar-refractivity contribution in [2.24, 2.45) is 4.99 Å². The van der Waals surface area contributed by atoms with Crippen LogP contribution in [0.3, 0.4) is 0 Å². The van der Waals surface area contributed by atoms with E-state index >= 15 is 0 Å². The highest BCUT2D eigenvalue weighted by atomic mass is 35.5. The normalized spacial score (nSPS) is 16.8. The highest BCUT2D eigenvalue weighted by Gasteiger charge is 2.40. The Morgan fingerprint density at radius 2 is 1.94 bits per heavy atom. The quantitative estimate of drug-likeness (QED) is 0.0280. The number of nitrogens with one attached hydrogen (secondary N) is 3. The molecule has 0 radical (unpaired) electrons. The summed E-state index contributed by atoms with van der Waals surface area (Å²) in [6, 6.07) is 18.6. The number of rotatable bonds is 23. The Morgan fingerprint density at radius 3 is 2.66 bits per heavy atom. The Labute approximate surface area is 407 Å². The lowest BCUT2D eigenvalue weighted by Crippen LogP contribution is -2.53. The van der Waals surface area contributed by atoms with Gasteiger partial charge in [0.2, 0.25) is 12.3 Å². The Morgan fingerprint density at radius 1 is 1.13 bits per heavy atom. The molecular formula is C49H54ClN7O7S3. The molecule has 0 bridgehead atoms. The standard InChI is InChI=1S/C49H54ClN7O7S3/c1-5-8-40(47(61)54-29-60)57-39-14-13-35(36-11-7-12-37(42(36)39)48(57)62)31(17-22-65)15-18-52-38-23-30(26-53-46(38)51-4)28-67(63)56-19-16-34(25-49(56,2)3)55-33-10-6-9-32(24-33)45-43(50)44(64-21-20-58)41(27-59)66-45/h6-7,9-14,20,23-24,26-27,29,31,34,40,52,55,65H,4-5,8,15-19,21-22,25,28H2,1-3H3,(H,54,60,61). The van der Waals surface area contributed by atoms with Crippen LogP contribution in [0.25, 0.3) is 21.2 Å². The number of hydrogen-bond donors (Lipinski definition) is 4. The van der Waals surface area contributed by atoms with Crippen LogP contribution >= 0.6 is 35.6 Å². The summed E-state index contributed by atoms with van der Waals surface area (Å²) in [6.45, 7) is 10.8. The van der Waals surface area contributed by atoms with E-state index in [0.717, 1.165) is 52.4 Å². The number of imide groups is 1. The molecule has 5 aromatic rings. The molecule has 0 spiro atoms. The maximum absolute atomic E-state index is 14.1. The van der Waals surface area contributed by atoms with Crippen molar-refractivity contribution in [2.75, 3.05) is 41.0 Å². The zero-order chi connectivity index (χ0) is 47.8. The second-order valence-corrected chi connectivity index (χ2v) is 20.4. The van der Waals surface area contributed by atoms with Crippen molar-refractivity contribution in [3.05, 3.63) is 93.5 Å². The van der Waals surface area contributed by atoms with E-state index in [-0.39, 0.29) is 41.0 Å². The first-order chi connectivity index (χ1) is 32.4. The van der Waals surface area contributed by atoms with Gasteiger partial charge in [-0.2, -0.15) is 12.6 Å². The van der Waals surface area contributed by atoms with E-state index in [1.807, 2.05) is 61.5 Å². The average molecular weight is 985 g/mol. The van der Waals surface area contributed by atoms with Crippen LogP contribution in [0.1, 0.15) is 96.4 Å². The summed E-state index contributed by atoms with van der Waals surface area (Å²) in [5, 5.41) is 11.5. The second-order valence-electron chi connectivity index (χ2n) is 17.1. The first-order valence-corrected chi connectivity index (χ1v) is 25.3. The molecule has 67 heavy (non-hydrogen) atoms. The van der Waals surface area contributed by atoms with Gasteiger partial charge < -0.3 is 15.4 Å². The number of piperidine rings is 1. The number of aliphatic imine (C=N–C) groups is 1. The van der Waals surface area contributed by atoms with Crippen LogP contribution in [-0.4, -0.2) is 94.1 Å². The lowest BCUT2D eigenvalue weighted by atomic mass is 9.88. The van der Waals surface area contributed by atoms with Crippen molar-refractivity contribution in [3.8, 4) is 16.2 Å². The molecule has 2 aromatic heterocycles.